The van der Waals surface area contributed by atoms with Crippen LogP contribution in [0.15, 0.2) is 12.1 Å². The van der Waals surface area contributed by atoms with Crippen molar-refractivity contribution in [3.8, 4) is 5.75 Å². The standard InChI is InChI=1S/C23H37NO3/c25-13-11-24(12-14-26)17-18-15-21(19-7-3-1-4-8-19)23(27)22(16-18)20-9-5-2-6-10-20/h15-16,19-20,25-27H,1-14,17H2. The van der Waals surface area contributed by atoms with Gasteiger partial charge in [0, 0.05) is 19.6 Å². The van der Waals surface area contributed by atoms with Gasteiger partial charge in [-0.15, -0.1) is 0 Å². The zero-order chi connectivity index (χ0) is 19.1. The van der Waals surface area contributed by atoms with E-state index in [-0.39, 0.29) is 13.2 Å². The lowest BCUT2D eigenvalue weighted by Gasteiger charge is -2.29. The fourth-order valence-corrected chi connectivity index (χ4v) is 5.10. The van der Waals surface area contributed by atoms with Crippen molar-refractivity contribution in [1.29, 1.82) is 0 Å². The molecule has 27 heavy (non-hydrogen) atoms. The SMILES string of the molecule is OCCN(CCO)Cc1cc(C2CCCCC2)c(O)c(C2CCCCC2)c1. The van der Waals surface area contributed by atoms with E-state index in [0.717, 1.165) is 17.7 Å². The number of aromatic hydroxyl groups is 1. The minimum Gasteiger partial charge on any atom is -0.507 e. The smallest absolute Gasteiger partial charge is 0.122 e. The van der Waals surface area contributed by atoms with E-state index >= 15 is 0 Å². The fraction of sp³-hybridized carbons (Fsp3) is 0.739. The van der Waals surface area contributed by atoms with E-state index in [1.54, 1.807) is 0 Å². The third kappa shape index (κ3) is 5.46. The molecule has 2 saturated carbocycles. The van der Waals surface area contributed by atoms with Crippen LogP contribution in [0.5, 0.6) is 5.75 Å². The summed E-state index contributed by atoms with van der Waals surface area (Å²) in [4.78, 5) is 2.10. The summed E-state index contributed by atoms with van der Waals surface area (Å²) < 4.78 is 0. The van der Waals surface area contributed by atoms with E-state index in [1.807, 2.05) is 0 Å². The van der Waals surface area contributed by atoms with Crippen LogP contribution in [0.3, 0.4) is 0 Å². The van der Waals surface area contributed by atoms with Crippen molar-refractivity contribution < 1.29 is 15.3 Å². The summed E-state index contributed by atoms with van der Waals surface area (Å²) in [6.45, 7) is 2.06. The van der Waals surface area contributed by atoms with Gasteiger partial charge in [-0.25, -0.2) is 0 Å². The number of hydrogen-bond acceptors (Lipinski definition) is 4. The molecule has 0 aromatic heterocycles. The van der Waals surface area contributed by atoms with Crippen LogP contribution < -0.4 is 0 Å². The van der Waals surface area contributed by atoms with Crippen molar-refractivity contribution in [2.75, 3.05) is 26.3 Å². The summed E-state index contributed by atoms with van der Waals surface area (Å²) in [6.07, 6.45) is 12.4. The largest absolute Gasteiger partial charge is 0.507 e. The van der Waals surface area contributed by atoms with E-state index in [0.29, 0.717) is 30.7 Å². The van der Waals surface area contributed by atoms with Crippen molar-refractivity contribution in [1.82, 2.24) is 4.90 Å². The number of benzene rings is 1. The molecule has 0 atom stereocenters. The highest BCUT2D eigenvalue weighted by Crippen LogP contribution is 2.44. The van der Waals surface area contributed by atoms with Crippen LogP contribution in [0.2, 0.25) is 0 Å². The Morgan fingerprint density at radius 2 is 1.19 bits per heavy atom. The number of rotatable bonds is 8. The number of phenolic OH excluding ortho intramolecular Hbond substituents is 1. The zero-order valence-corrected chi connectivity index (χ0v) is 16.7. The first-order chi connectivity index (χ1) is 13.2. The van der Waals surface area contributed by atoms with Gasteiger partial charge in [-0.1, -0.05) is 50.7 Å². The second-order valence-corrected chi connectivity index (χ2v) is 8.52. The number of phenols is 1. The molecular formula is C23H37NO3. The molecule has 0 unspecified atom stereocenters. The number of aliphatic hydroxyl groups is 2. The highest BCUT2D eigenvalue weighted by molar-refractivity contribution is 5.47. The van der Waals surface area contributed by atoms with Crippen LogP contribution in [0.25, 0.3) is 0 Å². The van der Waals surface area contributed by atoms with E-state index < -0.39 is 0 Å². The molecule has 4 heteroatoms. The molecule has 0 aliphatic heterocycles. The molecule has 3 N–H and O–H groups in total. The lowest BCUT2D eigenvalue weighted by molar-refractivity contribution is 0.156. The van der Waals surface area contributed by atoms with Crippen molar-refractivity contribution in [3.63, 3.8) is 0 Å². The molecule has 2 aliphatic carbocycles. The normalized spacial score (nSPS) is 19.7. The first-order valence-electron chi connectivity index (χ1n) is 11.0. The summed E-state index contributed by atoms with van der Waals surface area (Å²) in [5.41, 5.74) is 3.53. The molecule has 0 bridgehead atoms. The second-order valence-electron chi connectivity index (χ2n) is 8.52. The van der Waals surface area contributed by atoms with Crippen molar-refractivity contribution >= 4 is 0 Å². The first-order valence-corrected chi connectivity index (χ1v) is 11.0. The van der Waals surface area contributed by atoms with Crippen LogP contribution in [0.4, 0.5) is 0 Å². The quantitative estimate of drug-likeness (QED) is 0.635. The molecule has 0 spiro atoms. The van der Waals surface area contributed by atoms with Gasteiger partial charge in [0.1, 0.15) is 5.75 Å². The summed E-state index contributed by atoms with van der Waals surface area (Å²) >= 11 is 0. The summed E-state index contributed by atoms with van der Waals surface area (Å²) in [6, 6.07) is 4.42. The predicted molar refractivity (Wildman–Crippen MR) is 109 cm³/mol. The molecule has 0 saturated heterocycles. The summed E-state index contributed by atoms with van der Waals surface area (Å²) in [5, 5.41) is 29.8. The topological polar surface area (TPSA) is 63.9 Å². The molecule has 4 nitrogen and oxygen atoms in total. The Hall–Kier alpha value is -1.10. The summed E-state index contributed by atoms with van der Waals surface area (Å²) in [5.74, 6) is 1.52. The highest BCUT2D eigenvalue weighted by Gasteiger charge is 2.25. The van der Waals surface area contributed by atoms with E-state index in [1.165, 1.54) is 69.8 Å². The Morgan fingerprint density at radius 3 is 1.59 bits per heavy atom. The van der Waals surface area contributed by atoms with Gasteiger partial charge in [-0.05, 0) is 54.2 Å². The van der Waals surface area contributed by atoms with Gasteiger partial charge in [0.25, 0.3) is 0 Å². The molecule has 0 heterocycles. The lowest BCUT2D eigenvalue weighted by Crippen LogP contribution is -2.29. The highest BCUT2D eigenvalue weighted by atomic mass is 16.3. The molecule has 3 rings (SSSR count). The first kappa shape index (κ1) is 20.6. The molecule has 1 aromatic rings. The third-order valence-corrected chi connectivity index (χ3v) is 6.56. The van der Waals surface area contributed by atoms with Gasteiger partial charge in [0.15, 0.2) is 0 Å². The average molecular weight is 376 g/mol. The van der Waals surface area contributed by atoms with Crippen LogP contribution in [-0.4, -0.2) is 46.5 Å². The Morgan fingerprint density at radius 1 is 0.741 bits per heavy atom. The van der Waals surface area contributed by atoms with Crippen LogP contribution in [0, 0.1) is 0 Å². The maximum absolute atomic E-state index is 11.2. The Bertz CT molecular complexity index is 532. The van der Waals surface area contributed by atoms with E-state index in [2.05, 4.69) is 17.0 Å². The van der Waals surface area contributed by atoms with Crippen molar-refractivity contribution in [2.45, 2.75) is 82.6 Å². The molecule has 0 amide bonds. The number of nitrogens with zero attached hydrogens (tertiary/aromatic N) is 1. The van der Waals surface area contributed by atoms with E-state index in [9.17, 15) is 15.3 Å². The van der Waals surface area contributed by atoms with Gasteiger partial charge in [-0.2, -0.15) is 0 Å². The van der Waals surface area contributed by atoms with Crippen molar-refractivity contribution in [2.24, 2.45) is 0 Å². The summed E-state index contributed by atoms with van der Waals surface area (Å²) in [7, 11) is 0. The fourth-order valence-electron chi connectivity index (χ4n) is 5.10. The average Bonchev–Trinajstić information content (AvgIpc) is 2.71. The molecule has 1 aromatic carbocycles. The Kier molecular flexibility index (Phi) is 7.98. The Labute approximate surface area is 164 Å². The van der Waals surface area contributed by atoms with Crippen LogP contribution >= 0.6 is 0 Å². The predicted octanol–water partition coefficient (Wildman–Crippen LogP) is 4.27. The van der Waals surface area contributed by atoms with Gasteiger partial charge < -0.3 is 15.3 Å². The zero-order valence-electron chi connectivity index (χ0n) is 16.7. The number of hydrogen-bond donors (Lipinski definition) is 3. The molecule has 0 radical (unpaired) electrons. The minimum absolute atomic E-state index is 0.100. The van der Waals surface area contributed by atoms with Crippen LogP contribution in [-0.2, 0) is 6.54 Å². The molecule has 2 aliphatic rings. The second kappa shape index (κ2) is 10.4. The maximum Gasteiger partial charge on any atom is 0.122 e. The van der Waals surface area contributed by atoms with Gasteiger partial charge in [0.2, 0.25) is 0 Å². The molecule has 2 fully saturated rings. The number of aliphatic hydroxyl groups excluding tert-OH is 2. The van der Waals surface area contributed by atoms with Gasteiger partial charge in [0.05, 0.1) is 13.2 Å². The van der Waals surface area contributed by atoms with E-state index in [4.69, 9.17) is 0 Å². The van der Waals surface area contributed by atoms with Gasteiger partial charge in [-0.3, -0.25) is 4.90 Å². The molecule has 152 valence electrons. The monoisotopic (exact) mass is 375 g/mol. The van der Waals surface area contributed by atoms with Crippen LogP contribution in [0.1, 0.15) is 92.7 Å². The third-order valence-electron chi connectivity index (χ3n) is 6.56. The Balaban J connectivity index is 1.90. The van der Waals surface area contributed by atoms with Gasteiger partial charge >= 0.3 is 0 Å². The maximum atomic E-state index is 11.2. The minimum atomic E-state index is 0.100. The van der Waals surface area contributed by atoms with Crippen molar-refractivity contribution in [3.05, 3.63) is 28.8 Å². The lowest BCUT2D eigenvalue weighted by atomic mass is 9.78. The molecular weight excluding hydrogens is 338 g/mol.